The van der Waals surface area contributed by atoms with Crippen molar-refractivity contribution in [3.63, 3.8) is 0 Å². The minimum Gasteiger partial charge on any atom is -0.468 e. The van der Waals surface area contributed by atoms with Gasteiger partial charge in [0, 0.05) is 6.54 Å². The molecule has 0 saturated heterocycles. The Morgan fingerprint density at radius 1 is 1.62 bits per heavy atom. The first kappa shape index (κ1) is 12.5. The van der Waals surface area contributed by atoms with Gasteiger partial charge in [-0.3, -0.25) is 4.79 Å². The smallest absolute Gasteiger partial charge is 0.325 e. The van der Waals surface area contributed by atoms with Crippen molar-refractivity contribution in [3.05, 3.63) is 11.5 Å². The maximum atomic E-state index is 11.2. The summed E-state index contributed by atoms with van der Waals surface area (Å²) >= 11 is 5.77. The first-order chi connectivity index (χ1) is 7.60. The summed E-state index contributed by atoms with van der Waals surface area (Å²) in [4.78, 5) is 20.6. The van der Waals surface area contributed by atoms with E-state index in [-0.39, 0.29) is 23.4 Å². The predicted molar refractivity (Wildman–Crippen MR) is 61.4 cm³/mol. The van der Waals surface area contributed by atoms with Gasteiger partial charge in [-0.05, 0) is 6.92 Å². The molecule has 1 aromatic heterocycles. The van der Waals surface area contributed by atoms with Crippen LogP contribution in [0.3, 0.4) is 0 Å². The maximum absolute atomic E-state index is 11.2. The molecule has 0 amide bonds. The number of esters is 1. The van der Waals surface area contributed by atoms with Crippen molar-refractivity contribution in [2.24, 2.45) is 0 Å². The number of nitrogens with two attached hydrogens (primary N) is 1. The van der Waals surface area contributed by atoms with Crippen LogP contribution in [0.1, 0.15) is 6.92 Å². The van der Waals surface area contributed by atoms with Crippen molar-refractivity contribution in [1.82, 2.24) is 9.97 Å². The molecule has 88 valence electrons. The van der Waals surface area contributed by atoms with E-state index in [9.17, 15) is 4.79 Å². The van der Waals surface area contributed by atoms with Crippen LogP contribution in [0.5, 0.6) is 0 Å². The molecular formula is C9H13ClN4O2. The molecule has 0 atom stereocenters. The van der Waals surface area contributed by atoms with Crippen molar-refractivity contribution in [2.75, 3.05) is 30.8 Å². The topological polar surface area (TPSA) is 81.3 Å². The molecule has 0 aliphatic carbocycles. The van der Waals surface area contributed by atoms with Crippen LogP contribution in [0, 0.1) is 0 Å². The molecule has 1 aromatic rings. The Hall–Kier alpha value is -1.56. The highest BCUT2D eigenvalue weighted by Crippen LogP contribution is 2.25. The van der Waals surface area contributed by atoms with Crippen LogP contribution in [0.25, 0.3) is 0 Å². The number of hydrogen-bond acceptors (Lipinski definition) is 6. The van der Waals surface area contributed by atoms with Crippen molar-refractivity contribution in [1.29, 1.82) is 0 Å². The molecule has 16 heavy (non-hydrogen) atoms. The van der Waals surface area contributed by atoms with Crippen LogP contribution in [-0.4, -0.2) is 36.1 Å². The van der Waals surface area contributed by atoms with Gasteiger partial charge in [-0.1, -0.05) is 11.6 Å². The zero-order chi connectivity index (χ0) is 12.1. The van der Waals surface area contributed by atoms with Gasteiger partial charge in [-0.25, -0.2) is 9.97 Å². The molecule has 0 saturated carbocycles. The second-order valence-corrected chi connectivity index (χ2v) is 3.35. The Kier molecular flexibility index (Phi) is 4.30. The highest BCUT2D eigenvalue weighted by atomic mass is 35.5. The van der Waals surface area contributed by atoms with E-state index in [4.69, 9.17) is 17.3 Å². The second-order valence-electron chi connectivity index (χ2n) is 2.99. The van der Waals surface area contributed by atoms with Gasteiger partial charge in [0.15, 0.2) is 11.0 Å². The number of hydrogen-bond donors (Lipinski definition) is 1. The summed E-state index contributed by atoms with van der Waals surface area (Å²) in [5.74, 6) is 0.0730. The fourth-order valence-corrected chi connectivity index (χ4v) is 1.30. The molecule has 0 fully saturated rings. The summed E-state index contributed by atoms with van der Waals surface area (Å²) in [5.41, 5.74) is 5.98. The van der Waals surface area contributed by atoms with Crippen LogP contribution >= 0.6 is 11.6 Å². The van der Waals surface area contributed by atoms with Crippen molar-refractivity contribution in [3.8, 4) is 0 Å². The number of aromatic nitrogens is 2. The van der Waals surface area contributed by atoms with E-state index in [1.165, 1.54) is 13.4 Å². The average Bonchev–Trinajstić information content (AvgIpc) is 2.29. The lowest BCUT2D eigenvalue weighted by molar-refractivity contribution is -0.138. The quantitative estimate of drug-likeness (QED) is 0.621. The Balaban J connectivity index is 2.95. The van der Waals surface area contributed by atoms with E-state index in [0.29, 0.717) is 12.4 Å². The minimum atomic E-state index is -0.365. The van der Waals surface area contributed by atoms with E-state index >= 15 is 0 Å². The fraction of sp³-hybridized carbons (Fsp3) is 0.444. The van der Waals surface area contributed by atoms with Crippen molar-refractivity contribution in [2.45, 2.75) is 6.92 Å². The van der Waals surface area contributed by atoms with Crippen LogP contribution in [0.15, 0.2) is 6.33 Å². The van der Waals surface area contributed by atoms with E-state index in [1.54, 1.807) is 4.90 Å². The van der Waals surface area contributed by atoms with Crippen LogP contribution in [0.2, 0.25) is 5.15 Å². The van der Waals surface area contributed by atoms with Gasteiger partial charge in [0.1, 0.15) is 18.6 Å². The normalized spacial score (nSPS) is 9.94. The van der Waals surface area contributed by atoms with Gasteiger partial charge < -0.3 is 15.4 Å². The predicted octanol–water partition coefficient (Wildman–Crippen LogP) is 0.711. The minimum absolute atomic E-state index is 0.0740. The Labute approximate surface area is 98.4 Å². The number of methoxy groups -OCH3 is 1. The van der Waals surface area contributed by atoms with Gasteiger partial charge in [0.05, 0.1) is 7.11 Å². The molecule has 0 spiro atoms. The van der Waals surface area contributed by atoms with E-state index in [2.05, 4.69) is 14.7 Å². The molecular weight excluding hydrogens is 232 g/mol. The monoisotopic (exact) mass is 244 g/mol. The van der Waals surface area contributed by atoms with Gasteiger partial charge in [0.25, 0.3) is 0 Å². The maximum Gasteiger partial charge on any atom is 0.325 e. The zero-order valence-corrected chi connectivity index (χ0v) is 9.86. The summed E-state index contributed by atoms with van der Waals surface area (Å²) in [5, 5.41) is 0.174. The summed E-state index contributed by atoms with van der Waals surface area (Å²) in [6.07, 6.45) is 1.30. The largest absolute Gasteiger partial charge is 0.468 e. The summed E-state index contributed by atoms with van der Waals surface area (Å²) in [7, 11) is 1.33. The highest BCUT2D eigenvalue weighted by molar-refractivity contribution is 6.32. The Morgan fingerprint density at radius 2 is 2.31 bits per heavy atom. The zero-order valence-electron chi connectivity index (χ0n) is 9.11. The SMILES string of the molecule is CCN(CC(=O)OC)c1ncnc(Cl)c1N. The first-order valence-corrected chi connectivity index (χ1v) is 5.05. The van der Waals surface area contributed by atoms with E-state index in [1.807, 2.05) is 6.92 Å². The standard InChI is InChI=1S/C9H13ClN4O2/c1-3-14(4-6(15)16-2)9-7(11)8(10)12-5-13-9/h5H,3-4,11H2,1-2H3. The van der Waals surface area contributed by atoms with Crippen molar-refractivity contribution >= 4 is 29.1 Å². The lowest BCUT2D eigenvalue weighted by Crippen LogP contribution is -2.31. The number of nitrogen functional groups attached to an aromatic ring is 1. The number of ether oxygens (including phenoxy) is 1. The Morgan fingerprint density at radius 3 is 2.88 bits per heavy atom. The Bertz CT molecular complexity index is 386. The molecule has 0 aromatic carbocycles. The van der Waals surface area contributed by atoms with E-state index < -0.39 is 0 Å². The number of carbonyl (C=O) groups excluding carboxylic acids is 1. The van der Waals surface area contributed by atoms with E-state index in [0.717, 1.165) is 0 Å². The number of rotatable bonds is 4. The van der Waals surface area contributed by atoms with Gasteiger partial charge in [-0.15, -0.1) is 0 Å². The van der Waals surface area contributed by atoms with Crippen molar-refractivity contribution < 1.29 is 9.53 Å². The lowest BCUT2D eigenvalue weighted by Gasteiger charge is -2.21. The molecule has 1 rings (SSSR count). The number of halogens is 1. The number of nitrogens with zero attached hydrogens (tertiary/aromatic N) is 3. The van der Waals surface area contributed by atoms with Crippen LogP contribution in [0.4, 0.5) is 11.5 Å². The van der Waals surface area contributed by atoms with Gasteiger partial charge in [-0.2, -0.15) is 0 Å². The molecule has 0 unspecified atom stereocenters. The third-order valence-corrected chi connectivity index (χ3v) is 2.34. The molecule has 6 nitrogen and oxygen atoms in total. The summed E-state index contributed by atoms with van der Waals surface area (Å²) < 4.78 is 4.58. The third kappa shape index (κ3) is 2.73. The van der Waals surface area contributed by atoms with Crippen LogP contribution in [-0.2, 0) is 9.53 Å². The molecule has 0 aliphatic rings. The highest BCUT2D eigenvalue weighted by Gasteiger charge is 2.15. The molecule has 0 aliphatic heterocycles. The molecule has 2 N–H and O–H groups in total. The molecule has 1 heterocycles. The average molecular weight is 245 g/mol. The van der Waals surface area contributed by atoms with Gasteiger partial charge in [0.2, 0.25) is 0 Å². The summed E-state index contributed by atoms with van der Waals surface area (Å²) in [6, 6.07) is 0. The fourth-order valence-electron chi connectivity index (χ4n) is 1.17. The third-order valence-electron chi connectivity index (χ3n) is 2.04. The number of likely N-dealkylation sites (N-methyl/N-ethyl adjacent to an activating group) is 1. The second kappa shape index (κ2) is 5.50. The number of anilines is 2. The van der Waals surface area contributed by atoms with Gasteiger partial charge >= 0.3 is 5.97 Å². The summed E-state index contributed by atoms with van der Waals surface area (Å²) in [6.45, 7) is 2.51. The molecule has 7 heteroatoms. The first-order valence-electron chi connectivity index (χ1n) is 4.67. The molecule has 0 radical (unpaired) electrons. The molecule has 0 bridgehead atoms. The number of carbonyl (C=O) groups is 1. The lowest BCUT2D eigenvalue weighted by atomic mass is 10.4. The van der Waals surface area contributed by atoms with Crippen LogP contribution < -0.4 is 10.6 Å².